The fourth-order valence-electron chi connectivity index (χ4n) is 4.19. The molecule has 1 aromatic heterocycles. The third kappa shape index (κ3) is 3.83. The minimum absolute atomic E-state index is 0.00818. The molecule has 0 spiro atoms. The molecule has 3 aromatic rings. The predicted octanol–water partition coefficient (Wildman–Crippen LogP) is 4.52. The molecule has 0 aliphatic carbocycles. The van der Waals surface area contributed by atoms with Crippen LogP contribution in [-0.2, 0) is 5.54 Å². The van der Waals surface area contributed by atoms with Gasteiger partial charge in [-0.1, -0.05) is 60.7 Å². The molecule has 4 rings (SSSR count). The lowest BCUT2D eigenvalue weighted by Crippen LogP contribution is -2.38. The molecule has 1 unspecified atom stereocenters. The lowest BCUT2D eigenvalue weighted by molar-refractivity contribution is 0.0960. The number of fused-ring (bicyclic) bond motifs is 1. The lowest BCUT2D eigenvalue weighted by Gasteiger charge is -2.38. The van der Waals surface area contributed by atoms with E-state index in [1.807, 2.05) is 53.2 Å². The van der Waals surface area contributed by atoms with Gasteiger partial charge in [0.15, 0.2) is 5.78 Å². The average molecular weight is 389 g/mol. The Morgan fingerprint density at radius 1 is 1.17 bits per heavy atom. The normalized spacial score (nSPS) is 18.5. The second kappa shape index (κ2) is 7.84. The van der Waals surface area contributed by atoms with Crippen molar-refractivity contribution in [2.75, 3.05) is 11.9 Å². The zero-order chi connectivity index (χ0) is 20.4. The highest BCUT2D eigenvalue weighted by Crippen LogP contribution is 2.40. The van der Waals surface area contributed by atoms with Crippen molar-refractivity contribution >= 4 is 11.6 Å². The van der Waals surface area contributed by atoms with Crippen LogP contribution in [0.15, 0.2) is 66.9 Å². The number of aliphatic hydroxyl groups is 1. The van der Waals surface area contributed by atoms with Crippen molar-refractivity contribution in [1.29, 1.82) is 0 Å². The van der Waals surface area contributed by atoms with E-state index in [1.54, 1.807) is 6.20 Å². The van der Waals surface area contributed by atoms with Crippen LogP contribution in [-0.4, -0.2) is 27.3 Å². The quantitative estimate of drug-likeness (QED) is 0.608. The summed E-state index contributed by atoms with van der Waals surface area (Å²) in [5.41, 5.74) is 2.55. The predicted molar refractivity (Wildman–Crippen MR) is 114 cm³/mol. The lowest BCUT2D eigenvalue weighted by atomic mass is 9.88. The Kier molecular flexibility index (Phi) is 5.24. The van der Waals surface area contributed by atoms with E-state index in [0.29, 0.717) is 5.56 Å². The van der Waals surface area contributed by atoms with E-state index in [2.05, 4.69) is 36.4 Å². The highest BCUT2D eigenvalue weighted by atomic mass is 16.3. The summed E-state index contributed by atoms with van der Waals surface area (Å²) in [4.78, 5) is 13.2. The smallest absolute Gasteiger partial charge is 0.168 e. The fourth-order valence-corrected chi connectivity index (χ4v) is 4.19. The summed E-state index contributed by atoms with van der Waals surface area (Å²) in [5.74, 6) is 0.539. The first-order chi connectivity index (χ1) is 14.0. The molecule has 2 heterocycles. The van der Waals surface area contributed by atoms with Gasteiger partial charge < -0.3 is 10.4 Å². The van der Waals surface area contributed by atoms with Crippen LogP contribution in [0.2, 0.25) is 0 Å². The summed E-state index contributed by atoms with van der Waals surface area (Å²) in [7, 11) is 0. The second-order valence-corrected chi connectivity index (χ2v) is 8.36. The number of ketones is 1. The molecular weight excluding hydrogens is 362 g/mol. The zero-order valence-electron chi connectivity index (χ0n) is 16.9. The first kappa shape index (κ1) is 19.4. The van der Waals surface area contributed by atoms with Crippen molar-refractivity contribution < 1.29 is 9.90 Å². The van der Waals surface area contributed by atoms with Gasteiger partial charge in [-0.2, -0.15) is 5.10 Å². The Labute approximate surface area is 171 Å². The van der Waals surface area contributed by atoms with Crippen molar-refractivity contribution in [2.24, 2.45) is 0 Å². The summed E-state index contributed by atoms with van der Waals surface area (Å²) in [6.07, 6.45) is 2.79. The van der Waals surface area contributed by atoms with E-state index < -0.39 is 0 Å². The molecule has 2 N–H and O–H groups in total. The monoisotopic (exact) mass is 389 g/mol. The third-order valence-corrected chi connectivity index (χ3v) is 5.78. The van der Waals surface area contributed by atoms with E-state index >= 15 is 0 Å². The highest BCUT2D eigenvalue weighted by molar-refractivity contribution is 6.01. The van der Waals surface area contributed by atoms with Gasteiger partial charge in [0.25, 0.3) is 0 Å². The van der Waals surface area contributed by atoms with E-state index in [0.717, 1.165) is 17.8 Å². The number of Topliss-reactive ketones (excluding diaryl/α,β-unsaturated/α-hetero) is 1. The molecule has 1 aliphatic rings. The summed E-state index contributed by atoms with van der Waals surface area (Å²) >= 11 is 0. The first-order valence-electron chi connectivity index (χ1n) is 10.1. The molecule has 2 aromatic carbocycles. The number of rotatable bonds is 6. The summed E-state index contributed by atoms with van der Waals surface area (Å²) in [6.45, 7) is 4.23. The van der Waals surface area contributed by atoms with Gasteiger partial charge in [-0.3, -0.25) is 4.79 Å². The molecule has 1 aliphatic heterocycles. The first-order valence-corrected chi connectivity index (χ1v) is 10.1. The van der Waals surface area contributed by atoms with Gasteiger partial charge in [0.2, 0.25) is 0 Å². The van der Waals surface area contributed by atoms with E-state index in [9.17, 15) is 9.90 Å². The van der Waals surface area contributed by atoms with Gasteiger partial charge in [0.05, 0.1) is 29.9 Å². The standard InChI is InChI=1S/C24H27N3O2/c1-24(2)14-21(18-11-7-4-8-12-18)26-23-20(15-25-27(23)24)22(29)13-19(16-28)17-9-5-3-6-10-17/h3-12,15,19,21,26,28H,13-14,16H2,1-2H3/t19-,21?/m1/s1. The van der Waals surface area contributed by atoms with Crippen LogP contribution in [0.25, 0.3) is 0 Å². The van der Waals surface area contributed by atoms with Crippen molar-refractivity contribution in [3.05, 3.63) is 83.6 Å². The molecule has 0 amide bonds. The second-order valence-electron chi connectivity index (χ2n) is 8.36. The number of aromatic nitrogens is 2. The molecule has 150 valence electrons. The number of carbonyl (C=O) groups excluding carboxylic acids is 1. The summed E-state index contributed by atoms with van der Waals surface area (Å²) in [5, 5.41) is 17.9. The van der Waals surface area contributed by atoms with E-state index in [-0.39, 0.29) is 36.3 Å². The number of hydrogen-bond donors (Lipinski definition) is 2. The van der Waals surface area contributed by atoms with Crippen molar-refractivity contribution in [3.63, 3.8) is 0 Å². The van der Waals surface area contributed by atoms with Crippen LogP contribution in [0.4, 0.5) is 5.82 Å². The van der Waals surface area contributed by atoms with Crippen molar-refractivity contribution in [1.82, 2.24) is 9.78 Å². The minimum Gasteiger partial charge on any atom is -0.396 e. The maximum atomic E-state index is 13.2. The fraction of sp³-hybridized carbons (Fsp3) is 0.333. The topological polar surface area (TPSA) is 67.2 Å². The van der Waals surface area contributed by atoms with Crippen LogP contribution in [0, 0.1) is 0 Å². The Balaban J connectivity index is 1.62. The molecule has 29 heavy (non-hydrogen) atoms. The molecule has 0 saturated heterocycles. The summed E-state index contributed by atoms with van der Waals surface area (Å²) in [6, 6.07) is 20.1. The maximum absolute atomic E-state index is 13.2. The SMILES string of the molecule is CC1(C)CC(c2ccccc2)Nc2c(C(=O)C[C@H](CO)c3ccccc3)cnn21. The van der Waals surface area contributed by atoms with Crippen LogP contribution in [0.3, 0.4) is 0 Å². The van der Waals surface area contributed by atoms with Crippen LogP contribution >= 0.6 is 0 Å². The number of nitrogens with zero attached hydrogens (tertiary/aromatic N) is 2. The number of nitrogens with one attached hydrogen (secondary N) is 1. The zero-order valence-corrected chi connectivity index (χ0v) is 16.9. The molecule has 5 nitrogen and oxygen atoms in total. The Hall–Kier alpha value is -2.92. The molecular formula is C24H27N3O2. The number of carbonyl (C=O) groups is 1. The highest BCUT2D eigenvalue weighted by Gasteiger charge is 2.36. The Morgan fingerprint density at radius 3 is 2.48 bits per heavy atom. The molecule has 0 bridgehead atoms. The molecule has 0 saturated carbocycles. The largest absolute Gasteiger partial charge is 0.396 e. The molecule has 0 fully saturated rings. The molecule has 2 atom stereocenters. The van der Waals surface area contributed by atoms with Gasteiger partial charge in [-0.25, -0.2) is 4.68 Å². The summed E-state index contributed by atoms with van der Waals surface area (Å²) < 4.78 is 1.93. The van der Waals surface area contributed by atoms with Gasteiger partial charge in [0, 0.05) is 12.3 Å². The van der Waals surface area contributed by atoms with Gasteiger partial charge in [0.1, 0.15) is 5.82 Å². The van der Waals surface area contributed by atoms with Crippen molar-refractivity contribution in [2.45, 2.75) is 44.2 Å². The number of anilines is 1. The van der Waals surface area contributed by atoms with Crippen molar-refractivity contribution in [3.8, 4) is 0 Å². The number of aliphatic hydroxyl groups excluding tert-OH is 1. The maximum Gasteiger partial charge on any atom is 0.168 e. The molecule has 0 radical (unpaired) electrons. The minimum atomic E-state index is -0.222. The van der Waals surface area contributed by atoms with Crippen LogP contribution in [0.1, 0.15) is 60.1 Å². The number of benzene rings is 2. The third-order valence-electron chi connectivity index (χ3n) is 5.78. The molecule has 5 heteroatoms. The van der Waals surface area contributed by atoms with Gasteiger partial charge in [-0.05, 0) is 31.4 Å². The van der Waals surface area contributed by atoms with Crippen LogP contribution < -0.4 is 5.32 Å². The number of hydrogen-bond acceptors (Lipinski definition) is 4. The Bertz CT molecular complexity index is 980. The average Bonchev–Trinajstić information content (AvgIpc) is 3.18. The van der Waals surface area contributed by atoms with Gasteiger partial charge >= 0.3 is 0 Å². The van der Waals surface area contributed by atoms with E-state index in [4.69, 9.17) is 0 Å². The van der Waals surface area contributed by atoms with Gasteiger partial charge in [-0.15, -0.1) is 0 Å². The van der Waals surface area contributed by atoms with Crippen LogP contribution in [0.5, 0.6) is 0 Å². The van der Waals surface area contributed by atoms with E-state index in [1.165, 1.54) is 5.56 Å². The Morgan fingerprint density at radius 2 is 1.83 bits per heavy atom.